The molecule has 0 heterocycles. The topological polar surface area (TPSA) is 40.5 Å². The number of rotatable bonds is 6. The molecule has 0 saturated heterocycles. The number of aromatic carboxylic acids is 1. The molecular weight excluding hydrogens is 262 g/mol. The van der Waals surface area contributed by atoms with E-state index >= 15 is 0 Å². The summed E-state index contributed by atoms with van der Waals surface area (Å²) in [6, 6.07) is 15.8. The van der Waals surface area contributed by atoms with Crippen LogP contribution in [-0.2, 0) is 13.0 Å². The molecule has 0 aliphatic heterocycles. The SMILES string of the molecule is Cc1cc(C(=O)O)ccc1CN(C)CCc1ccccc1. The van der Waals surface area contributed by atoms with Crippen LogP contribution in [0.3, 0.4) is 0 Å². The van der Waals surface area contributed by atoms with Crippen molar-refractivity contribution in [2.75, 3.05) is 13.6 Å². The normalized spacial score (nSPS) is 10.8. The van der Waals surface area contributed by atoms with Gasteiger partial charge in [0, 0.05) is 13.1 Å². The number of carbonyl (C=O) groups is 1. The fourth-order valence-corrected chi connectivity index (χ4v) is 2.34. The molecule has 0 radical (unpaired) electrons. The molecule has 0 saturated carbocycles. The van der Waals surface area contributed by atoms with Gasteiger partial charge in [0.05, 0.1) is 5.56 Å². The Balaban J connectivity index is 1.93. The predicted octanol–water partition coefficient (Wildman–Crippen LogP) is 3.37. The number of nitrogens with zero attached hydrogens (tertiary/aromatic N) is 1. The number of benzene rings is 2. The molecule has 21 heavy (non-hydrogen) atoms. The molecule has 2 aromatic carbocycles. The van der Waals surface area contributed by atoms with Crippen molar-refractivity contribution in [3.63, 3.8) is 0 Å². The molecule has 1 N–H and O–H groups in total. The molecule has 0 aliphatic carbocycles. The zero-order valence-corrected chi connectivity index (χ0v) is 12.5. The number of carboxylic acid groups (broad SMARTS) is 1. The molecule has 0 amide bonds. The molecule has 3 heteroatoms. The van der Waals surface area contributed by atoms with E-state index in [2.05, 4.69) is 36.2 Å². The fourth-order valence-electron chi connectivity index (χ4n) is 2.34. The maximum atomic E-state index is 10.9. The molecular formula is C18H21NO2. The van der Waals surface area contributed by atoms with Crippen molar-refractivity contribution < 1.29 is 9.90 Å². The van der Waals surface area contributed by atoms with Gasteiger partial charge in [-0.25, -0.2) is 4.79 Å². The van der Waals surface area contributed by atoms with E-state index in [0.29, 0.717) is 5.56 Å². The van der Waals surface area contributed by atoms with E-state index in [4.69, 9.17) is 5.11 Å². The first-order valence-corrected chi connectivity index (χ1v) is 7.11. The second-order valence-corrected chi connectivity index (χ2v) is 5.42. The van der Waals surface area contributed by atoms with Crippen molar-refractivity contribution in [1.82, 2.24) is 4.90 Å². The van der Waals surface area contributed by atoms with Gasteiger partial charge in [-0.15, -0.1) is 0 Å². The third-order valence-electron chi connectivity index (χ3n) is 3.65. The first kappa shape index (κ1) is 15.3. The summed E-state index contributed by atoms with van der Waals surface area (Å²) >= 11 is 0. The predicted molar refractivity (Wildman–Crippen MR) is 84.6 cm³/mol. The van der Waals surface area contributed by atoms with Crippen molar-refractivity contribution in [2.24, 2.45) is 0 Å². The maximum absolute atomic E-state index is 10.9. The van der Waals surface area contributed by atoms with Crippen LogP contribution in [0.4, 0.5) is 0 Å². The monoisotopic (exact) mass is 283 g/mol. The second kappa shape index (κ2) is 7.04. The van der Waals surface area contributed by atoms with E-state index in [1.54, 1.807) is 12.1 Å². The Hall–Kier alpha value is -2.13. The van der Waals surface area contributed by atoms with Crippen LogP contribution < -0.4 is 0 Å². The minimum atomic E-state index is -0.873. The molecule has 0 unspecified atom stereocenters. The van der Waals surface area contributed by atoms with Crippen molar-refractivity contribution in [1.29, 1.82) is 0 Å². The highest BCUT2D eigenvalue weighted by atomic mass is 16.4. The van der Waals surface area contributed by atoms with Gasteiger partial charge in [0.15, 0.2) is 0 Å². The van der Waals surface area contributed by atoms with Crippen LogP contribution >= 0.6 is 0 Å². The number of hydrogen-bond acceptors (Lipinski definition) is 2. The van der Waals surface area contributed by atoms with Crippen molar-refractivity contribution in [3.8, 4) is 0 Å². The molecule has 0 spiro atoms. The Morgan fingerprint density at radius 3 is 2.48 bits per heavy atom. The van der Waals surface area contributed by atoms with E-state index in [9.17, 15) is 4.79 Å². The number of aryl methyl sites for hydroxylation is 1. The number of likely N-dealkylation sites (N-methyl/N-ethyl adjacent to an activating group) is 1. The summed E-state index contributed by atoms with van der Waals surface area (Å²) in [5.41, 5.74) is 3.89. The number of hydrogen-bond donors (Lipinski definition) is 1. The summed E-state index contributed by atoms with van der Waals surface area (Å²) in [4.78, 5) is 13.2. The zero-order chi connectivity index (χ0) is 15.2. The van der Waals surface area contributed by atoms with Gasteiger partial charge in [0.1, 0.15) is 0 Å². The molecule has 3 nitrogen and oxygen atoms in total. The first-order chi connectivity index (χ1) is 10.1. The third kappa shape index (κ3) is 4.43. The molecule has 0 aliphatic rings. The smallest absolute Gasteiger partial charge is 0.335 e. The standard InChI is InChI=1S/C18H21NO2/c1-14-12-16(18(20)21)8-9-17(14)13-19(2)11-10-15-6-4-3-5-7-15/h3-9,12H,10-11,13H2,1-2H3,(H,20,21). The van der Waals surface area contributed by atoms with Gasteiger partial charge in [-0.05, 0) is 49.2 Å². The summed E-state index contributed by atoms with van der Waals surface area (Å²) in [6.45, 7) is 3.77. The molecule has 0 fully saturated rings. The largest absolute Gasteiger partial charge is 0.478 e. The van der Waals surface area contributed by atoms with Crippen LogP contribution in [0, 0.1) is 6.92 Å². The number of carboxylic acids is 1. The highest BCUT2D eigenvalue weighted by molar-refractivity contribution is 5.87. The summed E-state index contributed by atoms with van der Waals surface area (Å²) in [5, 5.41) is 8.98. The average molecular weight is 283 g/mol. The Bertz CT molecular complexity index is 608. The van der Waals surface area contributed by atoms with E-state index in [0.717, 1.165) is 25.1 Å². The first-order valence-electron chi connectivity index (χ1n) is 7.11. The lowest BCUT2D eigenvalue weighted by atomic mass is 10.0. The second-order valence-electron chi connectivity index (χ2n) is 5.42. The third-order valence-corrected chi connectivity index (χ3v) is 3.65. The Morgan fingerprint density at radius 2 is 1.86 bits per heavy atom. The molecule has 2 aromatic rings. The highest BCUT2D eigenvalue weighted by Crippen LogP contribution is 2.13. The van der Waals surface area contributed by atoms with Crippen LogP contribution in [0.15, 0.2) is 48.5 Å². The lowest BCUT2D eigenvalue weighted by molar-refractivity contribution is 0.0696. The fraction of sp³-hybridized carbons (Fsp3) is 0.278. The van der Waals surface area contributed by atoms with Crippen molar-refractivity contribution >= 4 is 5.97 Å². The molecule has 2 rings (SSSR count). The van der Waals surface area contributed by atoms with Gasteiger partial charge < -0.3 is 10.0 Å². The summed E-state index contributed by atoms with van der Waals surface area (Å²) in [5.74, 6) is -0.873. The van der Waals surface area contributed by atoms with Gasteiger partial charge in [-0.1, -0.05) is 36.4 Å². The summed E-state index contributed by atoms with van der Waals surface area (Å²) < 4.78 is 0. The Morgan fingerprint density at radius 1 is 1.14 bits per heavy atom. The lowest BCUT2D eigenvalue weighted by Gasteiger charge is -2.18. The van der Waals surface area contributed by atoms with Crippen LogP contribution in [0.25, 0.3) is 0 Å². The summed E-state index contributed by atoms with van der Waals surface area (Å²) in [7, 11) is 2.09. The van der Waals surface area contributed by atoms with E-state index in [1.165, 1.54) is 11.1 Å². The van der Waals surface area contributed by atoms with Crippen LogP contribution in [0.5, 0.6) is 0 Å². The average Bonchev–Trinajstić information content (AvgIpc) is 2.48. The van der Waals surface area contributed by atoms with Crippen LogP contribution in [-0.4, -0.2) is 29.6 Å². The lowest BCUT2D eigenvalue weighted by Crippen LogP contribution is -2.21. The maximum Gasteiger partial charge on any atom is 0.335 e. The van der Waals surface area contributed by atoms with E-state index < -0.39 is 5.97 Å². The minimum absolute atomic E-state index is 0.350. The van der Waals surface area contributed by atoms with Crippen molar-refractivity contribution in [3.05, 3.63) is 70.8 Å². The van der Waals surface area contributed by atoms with Gasteiger partial charge in [0.25, 0.3) is 0 Å². The van der Waals surface area contributed by atoms with Crippen LogP contribution in [0.2, 0.25) is 0 Å². The van der Waals surface area contributed by atoms with Gasteiger partial charge in [0.2, 0.25) is 0 Å². The molecule has 0 atom stereocenters. The van der Waals surface area contributed by atoms with Gasteiger partial charge in [-0.2, -0.15) is 0 Å². The van der Waals surface area contributed by atoms with Gasteiger partial charge in [-0.3, -0.25) is 0 Å². The Kier molecular flexibility index (Phi) is 5.12. The van der Waals surface area contributed by atoms with E-state index in [1.807, 2.05) is 19.1 Å². The van der Waals surface area contributed by atoms with E-state index in [-0.39, 0.29) is 0 Å². The van der Waals surface area contributed by atoms with Gasteiger partial charge >= 0.3 is 5.97 Å². The molecule has 0 bridgehead atoms. The molecule has 0 aromatic heterocycles. The van der Waals surface area contributed by atoms with Crippen molar-refractivity contribution in [2.45, 2.75) is 19.9 Å². The zero-order valence-electron chi connectivity index (χ0n) is 12.5. The minimum Gasteiger partial charge on any atom is -0.478 e. The highest BCUT2D eigenvalue weighted by Gasteiger charge is 2.07. The summed E-state index contributed by atoms with van der Waals surface area (Å²) in [6.07, 6.45) is 1.02. The van der Waals surface area contributed by atoms with Crippen LogP contribution in [0.1, 0.15) is 27.0 Å². The quantitative estimate of drug-likeness (QED) is 0.883. The Labute approximate surface area is 125 Å². The molecule has 110 valence electrons.